The lowest BCUT2D eigenvalue weighted by molar-refractivity contribution is 0.580. The monoisotopic (exact) mass is 345 g/mol. The smallest absolute Gasteiger partial charge is 0.128 e. The second-order valence-corrected chi connectivity index (χ2v) is 6.43. The van der Waals surface area contributed by atoms with Gasteiger partial charge in [-0.2, -0.15) is 0 Å². The Balaban J connectivity index is 1.75. The quantitative estimate of drug-likeness (QED) is 0.580. The molecule has 0 aliphatic carbocycles. The Morgan fingerprint density at radius 3 is 2.38 bits per heavy atom. The molecule has 2 N–H and O–H groups in total. The molecule has 4 heteroatoms. The fourth-order valence-electron chi connectivity index (χ4n) is 3.30. The van der Waals surface area contributed by atoms with E-state index in [1.165, 1.54) is 6.07 Å². The molecular weight excluding hydrogens is 325 g/mol. The van der Waals surface area contributed by atoms with Crippen LogP contribution in [0.4, 0.5) is 4.39 Å². The van der Waals surface area contributed by atoms with Gasteiger partial charge in [-0.25, -0.2) is 9.37 Å². The summed E-state index contributed by atoms with van der Waals surface area (Å²) in [5, 5.41) is 0. The van der Waals surface area contributed by atoms with Gasteiger partial charge in [-0.05, 0) is 30.2 Å². The molecule has 0 spiro atoms. The summed E-state index contributed by atoms with van der Waals surface area (Å²) in [6, 6.07) is 24.6. The molecule has 3 aromatic carbocycles. The van der Waals surface area contributed by atoms with Crippen molar-refractivity contribution in [3.05, 3.63) is 102 Å². The molecule has 1 atom stereocenters. The number of nitrogens with zero attached hydrogens (tertiary/aromatic N) is 2. The van der Waals surface area contributed by atoms with Gasteiger partial charge in [-0.3, -0.25) is 0 Å². The van der Waals surface area contributed by atoms with Crippen LogP contribution in [0.15, 0.2) is 78.9 Å². The van der Waals surface area contributed by atoms with Crippen LogP contribution >= 0.6 is 0 Å². The van der Waals surface area contributed by atoms with E-state index in [1.54, 1.807) is 12.1 Å². The second-order valence-electron chi connectivity index (χ2n) is 6.43. The first-order valence-corrected chi connectivity index (χ1v) is 8.70. The van der Waals surface area contributed by atoms with Crippen LogP contribution in [-0.4, -0.2) is 9.55 Å². The summed E-state index contributed by atoms with van der Waals surface area (Å²) in [5.74, 6) is 0.561. The van der Waals surface area contributed by atoms with E-state index in [0.29, 0.717) is 18.5 Å². The highest BCUT2D eigenvalue weighted by molar-refractivity contribution is 5.76. The maximum absolute atomic E-state index is 14.2. The molecule has 4 aromatic rings. The molecule has 4 rings (SSSR count). The molecule has 130 valence electrons. The average Bonchev–Trinajstić information content (AvgIpc) is 3.03. The minimum atomic E-state index is -0.267. The Morgan fingerprint density at radius 2 is 1.58 bits per heavy atom. The maximum atomic E-state index is 14.2. The number of hydrogen-bond donors (Lipinski definition) is 1. The Bertz CT molecular complexity index is 1020. The first-order chi connectivity index (χ1) is 12.7. The number of rotatable bonds is 5. The van der Waals surface area contributed by atoms with Crippen LogP contribution in [0.3, 0.4) is 0 Å². The van der Waals surface area contributed by atoms with E-state index in [0.717, 1.165) is 22.4 Å². The number of hydrogen-bond acceptors (Lipinski definition) is 2. The number of fused-ring (bicyclic) bond motifs is 1. The van der Waals surface area contributed by atoms with Gasteiger partial charge in [0.05, 0.1) is 23.6 Å². The number of nitrogens with two attached hydrogens (primary N) is 1. The third-order valence-corrected chi connectivity index (χ3v) is 4.60. The summed E-state index contributed by atoms with van der Waals surface area (Å²) >= 11 is 0. The Kier molecular flexibility index (Phi) is 4.50. The molecule has 0 aliphatic rings. The number of aromatic nitrogens is 2. The van der Waals surface area contributed by atoms with Crippen molar-refractivity contribution in [3.8, 4) is 0 Å². The van der Waals surface area contributed by atoms with Crippen LogP contribution < -0.4 is 5.73 Å². The minimum Gasteiger partial charge on any atom is -0.322 e. The van der Waals surface area contributed by atoms with Gasteiger partial charge in [-0.1, -0.05) is 60.7 Å². The fourth-order valence-corrected chi connectivity index (χ4v) is 3.30. The molecule has 26 heavy (non-hydrogen) atoms. The lowest BCUT2D eigenvalue weighted by atomic mass is 10.1. The van der Waals surface area contributed by atoms with Gasteiger partial charge in [0.25, 0.3) is 0 Å². The first-order valence-electron chi connectivity index (χ1n) is 8.70. The fraction of sp³-hybridized carbons (Fsp3) is 0.136. The predicted octanol–water partition coefficient (Wildman–Crippen LogP) is 4.47. The molecule has 0 saturated carbocycles. The number of imidazole rings is 1. The van der Waals surface area contributed by atoms with Crippen LogP contribution in [0, 0.1) is 5.82 Å². The lowest BCUT2D eigenvalue weighted by Gasteiger charge is -2.15. The highest BCUT2D eigenvalue weighted by Crippen LogP contribution is 2.24. The van der Waals surface area contributed by atoms with Crippen molar-refractivity contribution < 1.29 is 4.39 Å². The van der Waals surface area contributed by atoms with E-state index in [-0.39, 0.29) is 11.9 Å². The van der Waals surface area contributed by atoms with Crippen LogP contribution in [-0.2, 0) is 13.0 Å². The highest BCUT2D eigenvalue weighted by atomic mass is 19.1. The van der Waals surface area contributed by atoms with E-state index >= 15 is 0 Å². The van der Waals surface area contributed by atoms with Gasteiger partial charge in [-0.15, -0.1) is 0 Å². The van der Waals surface area contributed by atoms with Crippen LogP contribution in [0.5, 0.6) is 0 Å². The van der Waals surface area contributed by atoms with Crippen LogP contribution in [0.25, 0.3) is 11.0 Å². The average molecular weight is 345 g/mol. The number of benzene rings is 3. The summed E-state index contributed by atoms with van der Waals surface area (Å²) in [5.41, 5.74) is 10.1. The van der Waals surface area contributed by atoms with Crippen molar-refractivity contribution in [2.75, 3.05) is 0 Å². The summed E-state index contributed by atoms with van der Waals surface area (Å²) in [6.45, 7) is 0.408. The lowest BCUT2D eigenvalue weighted by Crippen LogP contribution is -2.19. The minimum absolute atomic E-state index is 0.215. The van der Waals surface area contributed by atoms with E-state index in [2.05, 4.69) is 12.1 Å². The number of para-hydroxylation sites is 2. The SMILES string of the molecule is NC(Cc1ccccc1)c1nc2ccccc2n1Cc1ccccc1F. The second kappa shape index (κ2) is 7.10. The molecule has 0 aliphatic heterocycles. The van der Waals surface area contributed by atoms with E-state index in [1.807, 2.05) is 53.1 Å². The molecule has 0 saturated heterocycles. The summed E-state index contributed by atoms with van der Waals surface area (Å²) in [6.07, 6.45) is 0.682. The highest BCUT2D eigenvalue weighted by Gasteiger charge is 2.18. The van der Waals surface area contributed by atoms with Gasteiger partial charge in [0.1, 0.15) is 11.6 Å². The molecular formula is C22H20FN3. The number of halogens is 1. The van der Waals surface area contributed by atoms with Crippen molar-refractivity contribution in [2.45, 2.75) is 19.0 Å². The molecule has 0 fully saturated rings. The van der Waals surface area contributed by atoms with E-state index in [4.69, 9.17) is 10.7 Å². The topological polar surface area (TPSA) is 43.8 Å². The Labute approximate surface area is 151 Å². The van der Waals surface area contributed by atoms with Crippen molar-refractivity contribution in [3.63, 3.8) is 0 Å². The molecule has 3 nitrogen and oxygen atoms in total. The van der Waals surface area contributed by atoms with Crippen molar-refractivity contribution in [2.24, 2.45) is 5.73 Å². The summed E-state index contributed by atoms with van der Waals surface area (Å²) in [7, 11) is 0. The molecule has 1 aromatic heterocycles. The third-order valence-electron chi connectivity index (χ3n) is 4.60. The van der Waals surface area contributed by atoms with E-state index < -0.39 is 0 Å². The zero-order chi connectivity index (χ0) is 17.9. The molecule has 0 amide bonds. The molecule has 0 bridgehead atoms. The van der Waals surface area contributed by atoms with E-state index in [9.17, 15) is 4.39 Å². The molecule has 1 heterocycles. The van der Waals surface area contributed by atoms with Crippen LogP contribution in [0.1, 0.15) is 23.0 Å². The van der Waals surface area contributed by atoms with Crippen molar-refractivity contribution in [1.29, 1.82) is 0 Å². The van der Waals surface area contributed by atoms with Crippen molar-refractivity contribution in [1.82, 2.24) is 9.55 Å². The predicted molar refractivity (Wildman–Crippen MR) is 102 cm³/mol. The van der Waals surface area contributed by atoms with Crippen molar-refractivity contribution >= 4 is 11.0 Å². The van der Waals surface area contributed by atoms with Gasteiger partial charge >= 0.3 is 0 Å². The third kappa shape index (κ3) is 3.24. The van der Waals surface area contributed by atoms with Crippen LogP contribution in [0.2, 0.25) is 0 Å². The van der Waals surface area contributed by atoms with Gasteiger partial charge in [0.15, 0.2) is 0 Å². The zero-order valence-electron chi connectivity index (χ0n) is 14.3. The molecule has 1 unspecified atom stereocenters. The Hall–Kier alpha value is -2.98. The normalized spacial score (nSPS) is 12.4. The zero-order valence-corrected chi connectivity index (χ0v) is 14.3. The molecule has 0 radical (unpaired) electrons. The maximum Gasteiger partial charge on any atom is 0.128 e. The Morgan fingerprint density at radius 1 is 0.885 bits per heavy atom. The first kappa shape index (κ1) is 16.5. The van der Waals surface area contributed by atoms with Gasteiger partial charge in [0.2, 0.25) is 0 Å². The van der Waals surface area contributed by atoms with Gasteiger partial charge in [0, 0.05) is 5.56 Å². The standard InChI is InChI=1S/C22H20FN3/c23-18-11-5-4-10-17(18)15-26-21-13-7-6-12-20(21)25-22(26)19(24)14-16-8-2-1-3-9-16/h1-13,19H,14-15,24H2. The summed E-state index contributed by atoms with van der Waals surface area (Å²) < 4.78 is 16.2. The van der Waals surface area contributed by atoms with Gasteiger partial charge < -0.3 is 10.3 Å². The summed E-state index contributed by atoms with van der Waals surface area (Å²) in [4.78, 5) is 4.75. The largest absolute Gasteiger partial charge is 0.322 e.